The van der Waals surface area contributed by atoms with E-state index >= 15 is 0 Å². The Kier molecular flexibility index (Phi) is 5.17. The average Bonchev–Trinajstić information content (AvgIpc) is 3.32. The van der Waals surface area contributed by atoms with Crippen LogP contribution in [0, 0.1) is 0 Å². The number of benzene rings is 1. The predicted octanol–water partition coefficient (Wildman–Crippen LogP) is 0.300. The Bertz CT molecular complexity index is 1410. The van der Waals surface area contributed by atoms with E-state index in [2.05, 4.69) is 30.7 Å². The highest BCUT2D eigenvalue weighted by molar-refractivity contribution is 7.89. The molecule has 0 saturated carbocycles. The van der Waals surface area contributed by atoms with Crippen LogP contribution < -0.4 is 16.2 Å². The van der Waals surface area contributed by atoms with Crippen molar-refractivity contribution in [3.05, 3.63) is 65.6 Å². The fraction of sp³-hybridized carbons (Fsp3) is 0.111. The second kappa shape index (κ2) is 7.95. The minimum atomic E-state index is -3.86. The summed E-state index contributed by atoms with van der Waals surface area (Å²) in [6.07, 6.45) is 3.75. The van der Waals surface area contributed by atoms with Crippen molar-refractivity contribution in [2.75, 3.05) is 17.7 Å². The molecule has 0 aliphatic carbocycles. The van der Waals surface area contributed by atoms with E-state index in [1.807, 2.05) is 0 Å². The van der Waals surface area contributed by atoms with Crippen molar-refractivity contribution >= 4 is 38.6 Å². The lowest BCUT2D eigenvalue weighted by Gasteiger charge is -2.11. The smallest absolute Gasteiger partial charge is 0.284 e. The normalized spacial score (nSPS) is 11.4. The molecule has 158 valence electrons. The number of hydrogen-bond acceptors (Lipinski definition) is 9. The maximum absolute atomic E-state index is 12.5. The summed E-state index contributed by atoms with van der Waals surface area (Å²) >= 11 is 0. The quantitative estimate of drug-likeness (QED) is 0.431. The highest BCUT2D eigenvalue weighted by Gasteiger charge is 2.17. The lowest BCUT2D eigenvalue weighted by Crippen LogP contribution is -2.28. The molecule has 0 aliphatic heterocycles. The number of carbonyl (C=O) groups is 1. The summed E-state index contributed by atoms with van der Waals surface area (Å²) in [6, 6.07) is 8.47. The van der Waals surface area contributed by atoms with E-state index in [1.54, 1.807) is 19.3 Å². The molecule has 31 heavy (non-hydrogen) atoms. The minimum Gasteiger partial charge on any atom is -0.357 e. The summed E-state index contributed by atoms with van der Waals surface area (Å²) in [5.74, 6) is -0.164. The predicted molar refractivity (Wildman–Crippen MR) is 111 cm³/mol. The van der Waals surface area contributed by atoms with Gasteiger partial charge in [0.25, 0.3) is 15.6 Å². The standard InChI is InChI=1S/C18H16N8O4S/c1-19-18-21-8-12-2-7-16(28)25(17(12)24-18)9-15(27)23-13-3-5-14(6-4-13)31(29,30)26-11-20-10-22-26/h2-8,10-11H,9H2,1H3,(H,23,27)(H,19,21,24). The molecular formula is C18H16N8O4S. The van der Waals surface area contributed by atoms with E-state index in [-0.39, 0.29) is 11.4 Å². The lowest BCUT2D eigenvalue weighted by atomic mass is 10.3. The summed E-state index contributed by atoms with van der Waals surface area (Å²) in [5, 5.41) is 9.66. The zero-order valence-corrected chi connectivity index (χ0v) is 16.9. The van der Waals surface area contributed by atoms with Crippen molar-refractivity contribution in [1.29, 1.82) is 0 Å². The van der Waals surface area contributed by atoms with Crippen molar-refractivity contribution < 1.29 is 13.2 Å². The molecule has 0 saturated heterocycles. The van der Waals surface area contributed by atoms with Gasteiger partial charge in [0.05, 0.1) is 4.90 Å². The Hall–Kier alpha value is -4.13. The molecule has 0 aliphatic rings. The molecule has 13 heteroatoms. The highest BCUT2D eigenvalue weighted by Crippen LogP contribution is 2.16. The third-order valence-corrected chi connectivity index (χ3v) is 5.88. The lowest BCUT2D eigenvalue weighted by molar-refractivity contribution is -0.116. The molecule has 0 unspecified atom stereocenters. The summed E-state index contributed by atoms with van der Waals surface area (Å²) in [6.45, 7) is -0.282. The molecule has 3 aromatic heterocycles. The number of pyridine rings is 1. The number of nitrogens with one attached hydrogen (secondary N) is 2. The van der Waals surface area contributed by atoms with Gasteiger partial charge >= 0.3 is 0 Å². The fourth-order valence-corrected chi connectivity index (χ4v) is 3.87. The van der Waals surface area contributed by atoms with Gasteiger partial charge in [-0.05, 0) is 30.3 Å². The average molecular weight is 440 g/mol. The van der Waals surface area contributed by atoms with E-state index in [1.165, 1.54) is 34.9 Å². The second-order valence-electron chi connectivity index (χ2n) is 6.33. The SMILES string of the molecule is CNc1ncc2ccc(=O)n(CC(=O)Nc3ccc(S(=O)(=O)n4cncn4)cc3)c2n1. The van der Waals surface area contributed by atoms with Crippen molar-refractivity contribution in [2.24, 2.45) is 0 Å². The van der Waals surface area contributed by atoms with E-state index in [9.17, 15) is 18.0 Å². The van der Waals surface area contributed by atoms with Crippen molar-refractivity contribution in [1.82, 2.24) is 28.7 Å². The summed E-state index contributed by atoms with van der Waals surface area (Å²) in [4.78, 5) is 36.8. The third-order valence-electron chi connectivity index (χ3n) is 4.33. The van der Waals surface area contributed by atoms with Gasteiger partial charge in [-0.25, -0.2) is 9.97 Å². The highest BCUT2D eigenvalue weighted by atomic mass is 32.2. The molecule has 12 nitrogen and oxygen atoms in total. The number of anilines is 2. The molecule has 0 atom stereocenters. The van der Waals surface area contributed by atoms with Gasteiger partial charge in [-0.3, -0.25) is 14.2 Å². The Labute approximate surface area is 175 Å². The number of fused-ring (bicyclic) bond motifs is 1. The van der Waals surface area contributed by atoms with Crippen LogP contribution >= 0.6 is 0 Å². The Morgan fingerprint density at radius 1 is 1.13 bits per heavy atom. The maximum Gasteiger partial charge on any atom is 0.284 e. The minimum absolute atomic E-state index is 0.0161. The van der Waals surface area contributed by atoms with E-state index < -0.39 is 21.5 Å². The van der Waals surface area contributed by atoms with Gasteiger partial charge in [0.15, 0.2) is 0 Å². The number of carbonyl (C=O) groups excluding carboxylic acids is 1. The summed E-state index contributed by atoms with van der Waals surface area (Å²) < 4.78 is 26.8. The molecule has 0 fully saturated rings. The van der Waals surface area contributed by atoms with Crippen LogP contribution in [0.5, 0.6) is 0 Å². The van der Waals surface area contributed by atoms with Gasteiger partial charge in [-0.2, -0.15) is 13.4 Å². The van der Waals surface area contributed by atoms with E-state index in [4.69, 9.17) is 0 Å². The van der Waals surface area contributed by atoms with Gasteiger partial charge < -0.3 is 10.6 Å². The van der Waals surface area contributed by atoms with Gasteiger partial charge in [0.2, 0.25) is 11.9 Å². The second-order valence-corrected chi connectivity index (χ2v) is 8.12. The molecule has 0 bridgehead atoms. The van der Waals surface area contributed by atoms with Crippen LogP contribution in [-0.2, 0) is 21.4 Å². The van der Waals surface area contributed by atoms with Crippen LogP contribution in [0.15, 0.2) is 64.9 Å². The Morgan fingerprint density at radius 3 is 2.58 bits per heavy atom. The van der Waals surface area contributed by atoms with Crippen molar-refractivity contribution in [2.45, 2.75) is 11.4 Å². The molecule has 4 aromatic rings. The number of amides is 1. The molecular weight excluding hydrogens is 424 g/mol. The first-order valence-corrected chi connectivity index (χ1v) is 10.4. The monoisotopic (exact) mass is 440 g/mol. The summed E-state index contributed by atoms with van der Waals surface area (Å²) in [5.41, 5.74) is 0.287. The molecule has 4 rings (SSSR count). The van der Waals surface area contributed by atoms with Crippen molar-refractivity contribution in [3.8, 4) is 0 Å². The number of aromatic nitrogens is 6. The van der Waals surface area contributed by atoms with Crippen LogP contribution in [-0.4, -0.2) is 50.1 Å². The fourth-order valence-electron chi connectivity index (χ4n) is 2.83. The van der Waals surface area contributed by atoms with Gasteiger partial charge in [0, 0.05) is 30.4 Å². The third kappa shape index (κ3) is 3.98. The maximum atomic E-state index is 12.5. The van der Waals surface area contributed by atoms with Crippen LogP contribution in [0.4, 0.5) is 11.6 Å². The Morgan fingerprint density at radius 2 is 1.90 bits per heavy atom. The number of nitrogens with zero attached hydrogens (tertiary/aromatic N) is 6. The van der Waals surface area contributed by atoms with Gasteiger partial charge in [-0.1, -0.05) is 0 Å². The largest absolute Gasteiger partial charge is 0.357 e. The van der Waals surface area contributed by atoms with E-state index in [0.717, 1.165) is 16.7 Å². The summed E-state index contributed by atoms with van der Waals surface area (Å²) in [7, 11) is -2.22. The van der Waals surface area contributed by atoms with Gasteiger partial charge in [-0.15, -0.1) is 9.19 Å². The molecule has 0 spiro atoms. The molecule has 3 heterocycles. The first-order chi connectivity index (χ1) is 14.9. The molecule has 2 N–H and O–H groups in total. The zero-order valence-electron chi connectivity index (χ0n) is 16.1. The van der Waals surface area contributed by atoms with Crippen LogP contribution in [0.1, 0.15) is 0 Å². The Balaban J connectivity index is 1.55. The molecule has 1 aromatic carbocycles. The zero-order chi connectivity index (χ0) is 22.0. The molecule has 0 radical (unpaired) electrons. The van der Waals surface area contributed by atoms with Crippen LogP contribution in [0.3, 0.4) is 0 Å². The molecule has 1 amide bonds. The van der Waals surface area contributed by atoms with Crippen LogP contribution in [0.25, 0.3) is 11.0 Å². The first kappa shape index (κ1) is 20.2. The van der Waals surface area contributed by atoms with Gasteiger partial charge in [0.1, 0.15) is 24.8 Å². The first-order valence-electron chi connectivity index (χ1n) is 8.93. The van der Waals surface area contributed by atoms with E-state index in [0.29, 0.717) is 22.7 Å². The number of hydrogen-bond donors (Lipinski definition) is 2. The van der Waals surface area contributed by atoms with Crippen LogP contribution in [0.2, 0.25) is 0 Å². The number of rotatable bonds is 6. The van der Waals surface area contributed by atoms with Crippen molar-refractivity contribution in [3.63, 3.8) is 0 Å². The topological polar surface area (TPSA) is 154 Å².